The zero-order chi connectivity index (χ0) is 22.4. The normalized spacial score (nSPS) is 10.4. The topological polar surface area (TPSA) is 139 Å². The number of nitrogens with one attached hydrogen (secondary N) is 2. The molecule has 0 bridgehead atoms. The Kier molecular flexibility index (Phi) is 6.78. The van der Waals surface area contributed by atoms with Crippen LogP contribution in [0, 0.1) is 17.7 Å². The summed E-state index contributed by atoms with van der Waals surface area (Å²) in [5.41, 5.74) is 9.02. The third-order valence-corrected chi connectivity index (χ3v) is 4.57. The highest BCUT2D eigenvalue weighted by Gasteiger charge is 2.08. The monoisotopic (exact) mass is 416 g/mol. The van der Waals surface area contributed by atoms with E-state index in [1.54, 1.807) is 29.2 Å². The van der Waals surface area contributed by atoms with Gasteiger partial charge >= 0.3 is 0 Å². The standard InChI is InChI=1S/C21H19N7O.CH5N/c1-14-2-5-20(22)28(26-14)21(23)9-15-3-4-19-16(8-15)10-17(11-24-19)18-12-25-27(13-18)6-7-29;1-2/h2-5,7-8,10-13,22-23H,6,9H2,1H3;2H2,1H3. The van der Waals surface area contributed by atoms with Crippen molar-refractivity contribution in [2.45, 2.75) is 19.9 Å². The van der Waals surface area contributed by atoms with E-state index in [1.165, 1.54) is 11.7 Å². The van der Waals surface area contributed by atoms with Crippen molar-refractivity contribution in [2.75, 3.05) is 7.05 Å². The van der Waals surface area contributed by atoms with Gasteiger partial charge in [-0.3, -0.25) is 20.5 Å². The lowest BCUT2D eigenvalue weighted by atomic mass is 10.0. The van der Waals surface area contributed by atoms with E-state index >= 15 is 0 Å². The van der Waals surface area contributed by atoms with Gasteiger partial charge in [0.1, 0.15) is 17.6 Å². The molecule has 0 spiro atoms. The molecule has 158 valence electrons. The molecule has 0 atom stereocenters. The summed E-state index contributed by atoms with van der Waals surface area (Å²) in [4.78, 5) is 15.2. The molecule has 0 amide bonds. The van der Waals surface area contributed by atoms with E-state index in [2.05, 4.69) is 20.9 Å². The summed E-state index contributed by atoms with van der Waals surface area (Å²) < 4.78 is 2.92. The van der Waals surface area contributed by atoms with Crippen LogP contribution in [0.2, 0.25) is 0 Å². The number of fused-ring (bicyclic) bond motifs is 1. The summed E-state index contributed by atoms with van der Waals surface area (Å²) in [5.74, 6) is 0.234. The highest BCUT2D eigenvalue weighted by Crippen LogP contribution is 2.23. The Bertz CT molecular complexity index is 1290. The number of nitrogens with zero attached hydrogens (tertiary/aromatic N) is 5. The lowest BCUT2D eigenvalue weighted by Crippen LogP contribution is -2.30. The van der Waals surface area contributed by atoms with Gasteiger partial charge in [-0.2, -0.15) is 10.2 Å². The summed E-state index contributed by atoms with van der Waals surface area (Å²) in [6.07, 6.45) is 6.46. The van der Waals surface area contributed by atoms with Crippen molar-refractivity contribution in [1.82, 2.24) is 24.5 Å². The number of carbonyl (C=O) groups excluding carboxylic acids is 1. The van der Waals surface area contributed by atoms with Gasteiger partial charge in [0.15, 0.2) is 0 Å². The summed E-state index contributed by atoms with van der Waals surface area (Å²) in [5, 5.41) is 25.7. The van der Waals surface area contributed by atoms with Crippen LogP contribution in [0.15, 0.2) is 55.0 Å². The van der Waals surface area contributed by atoms with E-state index in [0.29, 0.717) is 6.42 Å². The number of aldehydes is 1. The number of pyridine rings is 1. The molecule has 1 aromatic carbocycles. The van der Waals surface area contributed by atoms with Gasteiger partial charge in [-0.15, -0.1) is 0 Å². The molecule has 0 aliphatic carbocycles. The summed E-state index contributed by atoms with van der Waals surface area (Å²) in [6, 6.07) is 11.3. The van der Waals surface area contributed by atoms with Crippen LogP contribution in [0.5, 0.6) is 0 Å². The Morgan fingerprint density at radius 1 is 1.13 bits per heavy atom. The second-order valence-electron chi connectivity index (χ2n) is 6.76. The molecule has 4 rings (SSSR count). The molecule has 3 heterocycles. The Hall–Kier alpha value is -3.98. The fourth-order valence-electron chi connectivity index (χ4n) is 3.13. The third kappa shape index (κ3) is 4.96. The largest absolute Gasteiger partial charge is 0.333 e. The van der Waals surface area contributed by atoms with Gasteiger partial charge in [0.05, 0.1) is 24.0 Å². The van der Waals surface area contributed by atoms with Gasteiger partial charge < -0.3 is 10.5 Å². The lowest BCUT2D eigenvalue weighted by molar-refractivity contribution is -0.108. The smallest absolute Gasteiger partial charge is 0.148 e. The van der Waals surface area contributed by atoms with Crippen molar-refractivity contribution in [3.8, 4) is 11.1 Å². The second kappa shape index (κ2) is 9.68. The number of benzene rings is 1. The average molecular weight is 416 g/mol. The van der Waals surface area contributed by atoms with Gasteiger partial charge in [0.2, 0.25) is 0 Å². The number of rotatable bonds is 5. The van der Waals surface area contributed by atoms with E-state index < -0.39 is 0 Å². The van der Waals surface area contributed by atoms with E-state index in [4.69, 9.17) is 10.8 Å². The Morgan fingerprint density at radius 2 is 1.94 bits per heavy atom. The number of hydrogen-bond donors (Lipinski definition) is 3. The van der Waals surface area contributed by atoms with Crippen LogP contribution in [0.25, 0.3) is 22.0 Å². The van der Waals surface area contributed by atoms with E-state index in [0.717, 1.165) is 39.6 Å². The van der Waals surface area contributed by atoms with Crippen molar-refractivity contribution in [1.29, 1.82) is 10.8 Å². The van der Waals surface area contributed by atoms with E-state index in [1.807, 2.05) is 37.4 Å². The fourth-order valence-corrected chi connectivity index (χ4v) is 3.13. The maximum Gasteiger partial charge on any atom is 0.148 e. The van der Waals surface area contributed by atoms with Crippen LogP contribution in [-0.2, 0) is 17.8 Å². The number of aromatic nitrogens is 5. The SMILES string of the molecule is CN.Cc1ccc(=N)n(C(=N)Cc2ccc3ncc(-c4cnn(CC=O)c4)cc3c2)n1. The van der Waals surface area contributed by atoms with Crippen LogP contribution >= 0.6 is 0 Å². The van der Waals surface area contributed by atoms with Crippen LogP contribution in [0.3, 0.4) is 0 Å². The summed E-state index contributed by atoms with van der Waals surface area (Å²) in [7, 11) is 1.50. The van der Waals surface area contributed by atoms with Crippen LogP contribution in [-0.4, -0.2) is 43.7 Å². The highest BCUT2D eigenvalue weighted by molar-refractivity contribution is 5.87. The number of carbonyl (C=O) groups is 1. The average Bonchev–Trinajstić information content (AvgIpc) is 3.25. The predicted octanol–water partition coefficient (Wildman–Crippen LogP) is 1.92. The third-order valence-electron chi connectivity index (χ3n) is 4.57. The predicted molar refractivity (Wildman–Crippen MR) is 119 cm³/mol. The van der Waals surface area contributed by atoms with Crippen LogP contribution < -0.4 is 11.2 Å². The number of hydrogen-bond acceptors (Lipinski definition) is 7. The van der Waals surface area contributed by atoms with Gasteiger partial charge in [0, 0.05) is 35.3 Å². The molecule has 0 unspecified atom stereocenters. The Balaban J connectivity index is 0.00000132. The van der Waals surface area contributed by atoms with Crippen molar-refractivity contribution < 1.29 is 4.79 Å². The zero-order valence-corrected chi connectivity index (χ0v) is 17.4. The molecule has 9 nitrogen and oxygen atoms in total. The molecule has 3 aromatic heterocycles. The Labute approximate surface area is 179 Å². The molecule has 4 aromatic rings. The maximum absolute atomic E-state index is 10.7. The van der Waals surface area contributed by atoms with Crippen LogP contribution in [0.1, 0.15) is 11.3 Å². The molecule has 0 radical (unpaired) electrons. The zero-order valence-electron chi connectivity index (χ0n) is 17.4. The highest BCUT2D eigenvalue weighted by atomic mass is 16.1. The molecule has 0 saturated heterocycles. The van der Waals surface area contributed by atoms with Gasteiger partial charge in [0.25, 0.3) is 0 Å². The fraction of sp³-hybridized carbons (Fsp3) is 0.182. The molecule has 0 saturated carbocycles. The quantitative estimate of drug-likeness (QED) is 0.259. The molecule has 0 aliphatic heterocycles. The first-order valence-electron chi connectivity index (χ1n) is 9.66. The van der Waals surface area contributed by atoms with Gasteiger partial charge in [-0.1, -0.05) is 6.07 Å². The first-order chi connectivity index (χ1) is 15.0. The van der Waals surface area contributed by atoms with Gasteiger partial charge in [-0.25, -0.2) is 4.68 Å². The molecule has 9 heteroatoms. The number of aryl methyl sites for hydroxylation is 1. The van der Waals surface area contributed by atoms with E-state index in [9.17, 15) is 4.79 Å². The van der Waals surface area contributed by atoms with Crippen molar-refractivity contribution in [2.24, 2.45) is 5.73 Å². The minimum atomic E-state index is 0.178. The molecular formula is C22H24N8O. The molecular weight excluding hydrogens is 392 g/mol. The first-order valence-corrected chi connectivity index (χ1v) is 9.66. The first kappa shape index (κ1) is 21.7. The molecule has 4 N–H and O–H groups in total. The minimum Gasteiger partial charge on any atom is -0.333 e. The van der Waals surface area contributed by atoms with E-state index in [-0.39, 0.29) is 17.9 Å². The maximum atomic E-state index is 10.7. The molecule has 0 aliphatic rings. The van der Waals surface area contributed by atoms with Gasteiger partial charge in [-0.05, 0) is 49.9 Å². The summed E-state index contributed by atoms with van der Waals surface area (Å²) in [6.45, 7) is 2.06. The van der Waals surface area contributed by atoms with Crippen molar-refractivity contribution in [3.63, 3.8) is 0 Å². The number of nitrogens with two attached hydrogens (primary N) is 1. The van der Waals surface area contributed by atoms with Crippen molar-refractivity contribution >= 4 is 23.0 Å². The minimum absolute atomic E-state index is 0.178. The summed E-state index contributed by atoms with van der Waals surface area (Å²) >= 11 is 0. The van der Waals surface area contributed by atoms with Crippen LogP contribution in [0.4, 0.5) is 0 Å². The van der Waals surface area contributed by atoms with Crippen molar-refractivity contribution in [3.05, 3.63) is 71.7 Å². The molecule has 0 fully saturated rings. The molecule has 31 heavy (non-hydrogen) atoms. The Morgan fingerprint density at radius 3 is 2.71 bits per heavy atom. The lowest BCUT2D eigenvalue weighted by Gasteiger charge is -2.09. The second-order valence-corrected chi connectivity index (χ2v) is 6.76.